The standard InChI is InChI=1S/C20H26N4O3S/c1-16-5-3-7-19(17(16)2)23-11-13-24(14-12-23)20(25)8-10-22-28(26,27)18-6-4-9-21-15-18/h3-7,9,15,22H,8,10-14H2,1-2H3. The lowest BCUT2D eigenvalue weighted by Crippen LogP contribution is -2.49. The van der Waals surface area contributed by atoms with E-state index in [-0.39, 0.29) is 23.8 Å². The number of rotatable bonds is 6. The Balaban J connectivity index is 1.48. The van der Waals surface area contributed by atoms with Crippen molar-refractivity contribution in [3.8, 4) is 0 Å². The van der Waals surface area contributed by atoms with Gasteiger partial charge in [-0.2, -0.15) is 0 Å². The maximum Gasteiger partial charge on any atom is 0.242 e. The fourth-order valence-corrected chi connectivity index (χ4v) is 4.31. The Morgan fingerprint density at radius 1 is 1.11 bits per heavy atom. The number of sulfonamides is 1. The van der Waals surface area contributed by atoms with Gasteiger partial charge in [-0.25, -0.2) is 13.1 Å². The van der Waals surface area contributed by atoms with Gasteiger partial charge >= 0.3 is 0 Å². The molecule has 0 aliphatic carbocycles. The molecule has 8 heteroatoms. The van der Waals surface area contributed by atoms with Gasteiger partial charge in [-0.1, -0.05) is 12.1 Å². The van der Waals surface area contributed by atoms with Crippen molar-refractivity contribution >= 4 is 21.6 Å². The van der Waals surface area contributed by atoms with Gasteiger partial charge in [-0.15, -0.1) is 0 Å². The second-order valence-electron chi connectivity index (χ2n) is 6.92. The summed E-state index contributed by atoms with van der Waals surface area (Å²) in [7, 11) is -3.63. The quantitative estimate of drug-likeness (QED) is 0.796. The molecule has 1 amide bonds. The van der Waals surface area contributed by atoms with Crippen LogP contribution >= 0.6 is 0 Å². The van der Waals surface area contributed by atoms with Crippen LogP contribution in [-0.4, -0.2) is 56.9 Å². The van der Waals surface area contributed by atoms with E-state index >= 15 is 0 Å². The van der Waals surface area contributed by atoms with Crippen molar-refractivity contribution in [2.45, 2.75) is 25.2 Å². The van der Waals surface area contributed by atoms with Crippen molar-refractivity contribution in [1.82, 2.24) is 14.6 Å². The van der Waals surface area contributed by atoms with Gasteiger partial charge < -0.3 is 9.80 Å². The Morgan fingerprint density at radius 2 is 1.86 bits per heavy atom. The molecule has 1 fully saturated rings. The number of nitrogens with one attached hydrogen (secondary N) is 1. The maximum absolute atomic E-state index is 12.4. The van der Waals surface area contributed by atoms with Crippen molar-refractivity contribution in [2.24, 2.45) is 0 Å². The smallest absolute Gasteiger partial charge is 0.242 e. The lowest BCUT2D eigenvalue weighted by Gasteiger charge is -2.37. The van der Waals surface area contributed by atoms with E-state index in [4.69, 9.17) is 0 Å². The van der Waals surface area contributed by atoms with Gasteiger partial charge in [0.15, 0.2) is 0 Å². The Kier molecular flexibility index (Phi) is 6.31. The first-order chi connectivity index (χ1) is 13.4. The van der Waals surface area contributed by atoms with E-state index in [2.05, 4.69) is 46.7 Å². The number of piperazine rings is 1. The van der Waals surface area contributed by atoms with Crippen LogP contribution in [0, 0.1) is 13.8 Å². The van der Waals surface area contributed by atoms with Crippen LogP contribution in [0.4, 0.5) is 5.69 Å². The second kappa shape index (κ2) is 8.70. The Labute approximate surface area is 166 Å². The molecule has 2 aromatic rings. The van der Waals surface area contributed by atoms with Crippen molar-refractivity contribution in [2.75, 3.05) is 37.6 Å². The lowest BCUT2D eigenvalue weighted by molar-refractivity contribution is -0.131. The highest BCUT2D eigenvalue weighted by Crippen LogP contribution is 2.23. The summed E-state index contributed by atoms with van der Waals surface area (Å²) in [6.45, 7) is 7.13. The van der Waals surface area contributed by atoms with Gasteiger partial charge in [0.2, 0.25) is 15.9 Å². The zero-order chi connectivity index (χ0) is 20.1. The molecule has 1 aliphatic heterocycles. The van der Waals surface area contributed by atoms with E-state index in [1.165, 1.54) is 35.3 Å². The van der Waals surface area contributed by atoms with Gasteiger partial charge in [-0.05, 0) is 43.2 Å². The lowest BCUT2D eigenvalue weighted by atomic mass is 10.1. The molecule has 1 aromatic heterocycles. The number of anilines is 1. The summed E-state index contributed by atoms with van der Waals surface area (Å²) in [6, 6.07) is 9.32. The number of aryl methyl sites for hydroxylation is 1. The Morgan fingerprint density at radius 3 is 2.54 bits per heavy atom. The summed E-state index contributed by atoms with van der Waals surface area (Å²) in [5.74, 6) is -0.0329. The van der Waals surface area contributed by atoms with E-state index in [0.29, 0.717) is 13.1 Å². The van der Waals surface area contributed by atoms with Gasteiger partial charge in [0, 0.05) is 57.2 Å². The monoisotopic (exact) mass is 402 g/mol. The molecule has 1 N–H and O–H groups in total. The first kappa shape index (κ1) is 20.3. The minimum Gasteiger partial charge on any atom is -0.368 e. The summed E-state index contributed by atoms with van der Waals surface area (Å²) in [6.07, 6.45) is 2.94. The summed E-state index contributed by atoms with van der Waals surface area (Å²) < 4.78 is 26.8. The first-order valence-corrected chi connectivity index (χ1v) is 10.9. The van der Waals surface area contributed by atoms with Crippen LogP contribution in [0.5, 0.6) is 0 Å². The number of hydrogen-bond acceptors (Lipinski definition) is 5. The molecule has 2 heterocycles. The minimum atomic E-state index is -3.63. The topological polar surface area (TPSA) is 82.6 Å². The van der Waals surface area contributed by atoms with Crippen LogP contribution in [0.25, 0.3) is 0 Å². The van der Waals surface area contributed by atoms with Crippen molar-refractivity contribution in [3.05, 3.63) is 53.9 Å². The summed E-state index contributed by atoms with van der Waals surface area (Å²) in [5, 5.41) is 0. The van der Waals surface area contributed by atoms with Gasteiger partial charge in [0.05, 0.1) is 0 Å². The Bertz CT molecular complexity index is 924. The minimum absolute atomic E-state index is 0.0329. The molecule has 7 nitrogen and oxygen atoms in total. The van der Waals surface area contributed by atoms with Crippen molar-refractivity contribution in [1.29, 1.82) is 0 Å². The number of amides is 1. The van der Waals surface area contributed by atoms with E-state index in [9.17, 15) is 13.2 Å². The highest BCUT2D eigenvalue weighted by molar-refractivity contribution is 7.89. The fraction of sp³-hybridized carbons (Fsp3) is 0.400. The van der Waals surface area contributed by atoms with E-state index in [1.807, 2.05) is 0 Å². The molecule has 1 aliphatic rings. The van der Waals surface area contributed by atoms with Crippen LogP contribution in [0.15, 0.2) is 47.6 Å². The highest BCUT2D eigenvalue weighted by Gasteiger charge is 2.22. The summed E-state index contributed by atoms with van der Waals surface area (Å²) in [5.41, 5.74) is 3.75. The number of hydrogen-bond donors (Lipinski definition) is 1. The number of nitrogens with zero attached hydrogens (tertiary/aromatic N) is 3. The molecule has 0 radical (unpaired) electrons. The van der Waals surface area contributed by atoms with Crippen LogP contribution < -0.4 is 9.62 Å². The van der Waals surface area contributed by atoms with Crippen LogP contribution in [0.1, 0.15) is 17.5 Å². The normalized spacial score (nSPS) is 14.9. The van der Waals surface area contributed by atoms with Crippen molar-refractivity contribution < 1.29 is 13.2 Å². The second-order valence-corrected chi connectivity index (χ2v) is 8.69. The van der Waals surface area contributed by atoms with E-state index < -0.39 is 10.0 Å². The molecular formula is C20H26N4O3S. The third-order valence-corrected chi connectivity index (χ3v) is 6.57. The SMILES string of the molecule is Cc1cccc(N2CCN(C(=O)CCNS(=O)(=O)c3cccnc3)CC2)c1C. The van der Waals surface area contributed by atoms with Gasteiger partial charge in [0.1, 0.15) is 4.90 Å². The summed E-state index contributed by atoms with van der Waals surface area (Å²) in [4.78, 5) is 20.5. The largest absolute Gasteiger partial charge is 0.368 e. The highest BCUT2D eigenvalue weighted by atomic mass is 32.2. The third kappa shape index (κ3) is 4.69. The molecular weight excluding hydrogens is 376 g/mol. The van der Waals surface area contributed by atoms with E-state index in [0.717, 1.165) is 13.1 Å². The van der Waals surface area contributed by atoms with Gasteiger partial charge in [0.25, 0.3) is 0 Å². The number of benzene rings is 1. The molecule has 0 unspecified atom stereocenters. The average molecular weight is 403 g/mol. The van der Waals surface area contributed by atoms with Crippen LogP contribution in [-0.2, 0) is 14.8 Å². The van der Waals surface area contributed by atoms with Crippen molar-refractivity contribution in [3.63, 3.8) is 0 Å². The molecule has 28 heavy (non-hydrogen) atoms. The predicted octanol–water partition coefficient (Wildman–Crippen LogP) is 1.72. The first-order valence-electron chi connectivity index (χ1n) is 9.37. The molecule has 1 aromatic carbocycles. The molecule has 0 saturated carbocycles. The number of carbonyl (C=O) groups is 1. The predicted molar refractivity (Wildman–Crippen MR) is 109 cm³/mol. The molecule has 0 spiro atoms. The number of carbonyl (C=O) groups excluding carboxylic acids is 1. The van der Waals surface area contributed by atoms with Gasteiger partial charge in [-0.3, -0.25) is 9.78 Å². The third-order valence-electron chi connectivity index (χ3n) is 5.12. The number of aromatic nitrogens is 1. The fourth-order valence-electron chi connectivity index (χ4n) is 3.31. The van der Waals surface area contributed by atoms with Crippen LogP contribution in [0.3, 0.4) is 0 Å². The molecule has 0 bridgehead atoms. The Hall–Kier alpha value is -2.45. The summed E-state index contributed by atoms with van der Waals surface area (Å²) >= 11 is 0. The molecule has 150 valence electrons. The van der Waals surface area contributed by atoms with Crippen LogP contribution in [0.2, 0.25) is 0 Å². The zero-order valence-corrected chi connectivity index (χ0v) is 17.1. The zero-order valence-electron chi connectivity index (χ0n) is 16.3. The molecule has 3 rings (SSSR count). The maximum atomic E-state index is 12.4. The molecule has 0 atom stereocenters. The molecule has 1 saturated heterocycles. The van der Waals surface area contributed by atoms with E-state index in [1.54, 1.807) is 11.0 Å². The number of pyridine rings is 1. The average Bonchev–Trinajstić information content (AvgIpc) is 2.71.